The Morgan fingerprint density at radius 3 is 2.45 bits per heavy atom. The third kappa shape index (κ3) is 5.39. The monoisotopic (exact) mass is 160 g/mol. The molecule has 0 heterocycles. The van der Waals surface area contributed by atoms with Crippen molar-refractivity contribution in [3.8, 4) is 0 Å². The van der Waals surface area contributed by atoms with Crippen LogP contribution < -0.4 is 0 Å². The van der Waals surface area contributed by atoms with E-state index in [-0.39, 0.29) is 6.10 Å². The lowest BCUT2D eigenvalue weighted by atomic mass is 10.3. The molecule has 0 rings (SSSR count). The predicted molar refractivity (Wildman–Crippen MR) is 38.1 cm³/mol. The van der Waals surface area contributed by atoms with Crippen LogP contribution in [0.5, 0.6) is 0 Å². The van der Waals surface area contributed by atoms with E-state index in [2.05, 4.69) is 0 Å². The zero-order valence-electron chi connectivity index (χ0n) is 6.66. The van der Waals surface area contributed by atoms with Gasteiger partial charge in [0.05, 0.1) is 6.10 Å². The van der Waals surface area contributed by atoms with Gasteiger partial charge in [-0.25, -0.2) is 0 Å². The predicted octanol–water partition coefficient (Wildman–Crippen LogP) is 0.803. The van der Waals surface area contributed by atoms with Crippen molar-refractivity contribution in [1.29, 1.82) is 0 Å². The Morgan fingerprint density at radius 1 is 1.55 bits per heavy atom. The van der Waals surface area contributed by atoms with Crippen LogP contribution in [-0.4, -0.2) is 23.1 Å². The average Bonchev–Trinajstić information content (AvgIpc) is 1.85. The topological polar surface area (TPSA) is 63.6 Å². The summed E-state index contributed by atoms with van der Waals surface area (Å²) < 4.78 is 4.69. The van der Waals surface area contributed by atoms with E-state index in [0.29, 0.717) is 6.42 Å². The minimum atomic E-state index is -1.15. The van der Waals surface area contributed by atoms with Gasteiger partial charge in [0, 0.05) is 0 Å². The SMILES string of the molecule is CCC(C)OC(=O)CC(=O)O. The smallest absolute Gasteiger partial charge is 0.317 e. The van der Waals surface area contributed by atoms with Gasteiger partial charge in [0.1, 0.15) is 6.42 Å². The lowest BCUT2D eigenvalue weighted by Gasteiger charge is -2.08. The molecule has 4 nitrogen and oxygen atoms in total. The molecule has 0 amide bonds. The van der Waals surface area contributed by atoms with Crippen LogP contribution >= 0.6 is 0 Å². The summed E-state index contributed by atoms with van der Waals surface area (Å²) in [5.41, 5.74) is 0. The van der Waals surface area contributed by atoms with Crippen LogP contribution in [0.3, 0.4) is 0 Å². The third-order valence-electron chi connectivity index (χ3n) is 1.20. The standard InChI is InChI=1S/C7H12O4/c1-3-5(2)11-7(10)4-6(8)9/h5H,3-4H2,1-2H3,(H,8,9). The summed E-state index contributed by atoms with van der Waals surface area (Å²) in [6.07, 6.45) is -0.0442. The summed E-state index contributed by atoms with van der Waals surface area (Å²) in [7, 11) is 0. The van der Waals surface area contributed by atoms with Crippen molar-refractivity contribution in [3.63, 3.8) is 0 Å². The molecule has 0 radical (unpaired) electrons. The number of carbonyl (C=O) groups is 2. The van der Waals surface area contributed by atoms with E-state index in [4.69, 9.17) is 9.84 Å². The first-order valence-electron chi connectivity index (χ1n) is 3.47. The number of carboxylic acids is 1. The fourth-order valence-electron chi connectivity index (χ4n) is 0.473. The van der Waals surface area contributed by atoms with Crippen molar-refractivity contribution < 1.29 is 19.4 Å². The van der Waals surface area contributed by atoms with Crippen LogP contribution in [0.25, 0.3) is 0 Å². The molecule has 0 saturated carbocycles. The summed E-state index contributed by atoms with van der Waals surface area (Å²) in [6.45, 7) is 3.58. The average molecular weight is 160 g/mol. The number of esters is 1. The van der Waals surface area contributed by atoms with Crippen LogP contribution in [0.1, 0.15) is 26.7 Å². The maximum absolute atomic E-state index is 10.6. The van der Waals surface area contributed by atoms with Crippen molar-refractivity contribution >= 4 is 11.9 Å². The van der Waals surface area contributed by atoms with Gasteiger partial charge in [-0.05, 0) is 13.3 Å². The number of hydrogen-bond donors (Lipinski definition) is 1. The van der Waals surface area contributed by atoms with Crippen molar-refractivity contribution in [2.24, 2.45) is 0 Å². The molecule has 0 aromatic rings. The molecule has 0 fully saturated rings. The Balaban J connectivity index is 3.60. The number of ether oxygens (including phenoxy) is 1. The summed E-state index contributed by atoms with van der Waals surface area (Å²) in [5, 5.41) is 8.17. The summed E-state index contributed by atoms with van der Waals surface area (Å²) >= 11 is 0. The van der Waals surface area contributed by atoms with E-state index in [1.807, 2.05) is 6.92 Å². The van der Waals surface area contributed by atoms with E-state index in [1.165, 1.54) is 0 Å². The zero-order chi connectivity index (χ0) is 8.85. The molecule has 0 aliphatic carbocycles. The van der Waals surface area contributed by atoms with Crippen molar-refractivity contribution in [1.82, 2.24) is 0 Å². The van der Waals surface area contributed by atoms with E-state index in [1.54, 1.807) is 6.92 Å². The lowest BCUT2D eigenvalue weighted by molar-refractivity contribution is -0.154. The number of rotatable bonds is 4. The minimum Gasteiger partial charge on any atom is -0.481 e. The minimum absolute atomic E-state index is 0.193. The fraction of sp³-hybridized carbons (Fsp3) is 0.714. The van der Waals surface area contributed by atoms with Crippen LogP contribution in [0.2, 0.25) is 0 Å². The summed E-state index contributed by atoms with van der Waals surface area (Å²) in [6, 6.07) is 0. The van der Waals surface area contributed by atoms with E-state index in [9.17, 15) is 9.59 Å². The Labute approximate surface area is 65.2 Å². The van der Waals surface area contributed by atoms with Crippen LogP contribution in [0.4, 0.5) is 0 Å². The first-order valence-corrected chi connectivity index (χ1v) is 3.47. The molecule has 1 N–H and O–H groups in total. The van der Waals surface area contributed by atoms with Crippen LogP contribution in [0, 0.1) is 0 Å². The molecule has 0 spiro atoms. The first kappa shape index (κ1) is 9.94. The van der Waals surface area contributed by atoms with E-state index >= 15 is 0 Å². The fourth-order valence-corrected chi connectivity index (χ4v) is 0.473. The second-order valence-electron chi connectivity index (χ2n) is 2.28. The molecule has 0 bridgehead atoms. The third-order valence-corrected chi connectivity index (χ3v) is 1.20. The Hall–Kier alpha value is -1.06. The highest BCUT2D eigenvalue weighted by molar-refractivity contribution is 5.90. The number of carboxylic acid groups (broad SMARTS) is 1. The highest BCUT2D eigenvalue weighted by atomic mass is 16.5. The molecule has 64 valence electrons. The van der Waals surface area contributed by atoms with Gasteiger partial charge in [-0.1, -0.05) is 6.92 Å². The second kappa shape index (κ2) is 4.71. The molecule has 11 heavy (non-hydrogen) atoms. The molecule has 0 aliphatic rings. The molecular weight excluding hydrogens is 148 g/mol. The number of carbonyl (C=O) groups excluding carboxylic acids is 1. The maximum atomic E-state index is 10.6. The largest absolute Gasteiger partial charge is 0.481 e. The molecule has 1 atom stereocenters. The second-order valence-corrected chi connectivity index (χ2v) is 2.28. The highest BCUT2D eigenvalue weighted by Gasteiger charge is 2.11. The highest BCUT2D eigenvalue weighted by Crippen LogP contribution is 1.98. The van der Waals surface area contributed by atoms with E-state index < -0.39 is 18.4 Å². The van der Waals surface area contributed by atoms with Crippen LogP contribution in [-0.2, 0) is 14.3 Å². The van der Waals surface area contributed by atoms with Gasteiger partial charge in [-0.2, -0.15) is 0 Å². The van der Waals surface area contributed by atoms with E-state index in [0.717, 1.165) is 0 Å². The van der Waals surface area contributed by atoms with Crippen LogP contribution in [0.15, 0.2) is 0 Å². The molecule has 0 aliphatic heterocycles. The first-order chi connectivity index (χ1) is 5.06. The van der Waals surface area contributed by atoms with Gasteiger partial charge < -0.3 is 9.84 Å². The van der Waals surface area contributed by atoms with Gasteiger partial charge in [-0.15, -0.1) is 0 Å². The molecule has 0 aromatic heterocycles. The number of hydrogen-bond acceptors (Lipinski definition) is 3. The summed E-state index contributed by atoms with van der Waals surface area (Å²) in [4.78, 5) is 20.6. The van der Waals surface area contributed by atoms with Gasteiger partial charge >= 0.3 is 11.9 Å². The molecule has 4 heteroatoms. The van der Waals surface area contributed by atoms with Crippen molar-refractivity contribution in [3.05, 3.63) is 0 Å². The maximum Gasteiger partial charge on any atom is 0.317 e. The number of aliphatic carboxylic acids is 1. The van der Waals surface area contributed by atoms with Gasteiger partial charge in [0.2, 0.25) is 0 Å². The normalized spacial score (nSPS) is 12.2. The van der Waals surface area contributed by atoms with Gasteiger partial charge in [0.15, 0.2) is 0 Å². The Morgan fingerprint density at radius 2 is 2.09 bits per heavy atom. The lowest BCUT2D eigenvalue weighted by Crippen LogP contribution is -2.16. The molecule has 1 unspecified atom stereocenters. The van der Waals surface area contributed by atoms with Gasteiger partial charge in [-0.3, -0.25) is 9.59 Å². The van der Waals surface area contributed by atoms with Crippen molar-refractivity contribution in [2.45, 2.75) is 32.8 Å². The van der Waals surface area contributed by atoms with Gasteiger partial charge in [0.25, 0.3) is 0 Å². The Kier molecular flexibility index (Phi) is 4.26. The van der Waals surface area contributed by atoms with Crippen molar-refractivity contribution in [2.75, 3.05) is 0 Å². The molecular formula is C7H12O4. The summed E-state index contributed by atoms with van der Waals surface area (Å²) in [5.74, 6) is -1.83. The Bertz CT molecular complexity index is 153. The zero-order valence-corrected chi connectivity index (χ0v) is 6.66. The molecule has 0 saturated heterocycles. The molecule has 0 aromatic carbocycles. The quantitative estimate of drug-likeness (QED) is 0.488.